The van der Waals surface area contributed by atoms with E-state index in [2.05, 4.69) is 200 Å². The first-order chi connectivity index (χ1) is 28.8. The van der Waals surface area contributed by atoms with Gasteiger partial charge < -0.3 is 0 Å². The van der Waals surface area contributed by atoms with Gasteiger partial charge in [0, 0.05) is 16.7 Å². The van der Waals surface area contributed by atoms with Crippen LogP contribution in [-0.2, 0) is 0 Å². The maximum Gasteiger partial charge on any atom is 0.165 e. The summed E-state index contributed by atoms with van der Waals surface area (Å²) in [5, 5.41) is 9.33. The van der Waals surface area contributed by atoms with Crippen molar-refractivity contribution in [3.63, 3.8) is 0 Å². The Hall–Kier alpha value is -7.75. The second-order valence-corrected chi connectivity index (χ2v) is 14.7. The maximum atomic E-state index is 5.45. The van der Waals surface area contributed by atoms with Crippen LogP contribution in [0.25, 0.3) is 111 Å². The van der Waals surface area contributed by atoms with Gasteiger partial charge in [0.05, 0.1) is 0 Å². The second kappa shape index (κ2) is 14.1. The summed E-state index contributed by atoms with van der Waals surface area (Å²) in [5.74, 6) is 1.89. The van der Waals surface area contributed by atoms with E-state index in [9.17, 15) is 0 Å². The van der Waals surface area contributed by atoms with Crippen molar-refractivity contribution < 1.29 is 0 Å². The topological polar surface area (TPSA) is 38.7 Å². The molecule has 3 heteroatoms. The molecule has 0 unspecified atom stereocenters. The fraction of sp³-hybridized carbons (Fsp3) is 0. The van der Waals surface area contributed by atoms with E-state index >= 15 is 0 Å². The van der Waals surface area contributed by atoms with E-state index in [0.717, 1.165) is 49.5 Å². The molecular weight excluding hydrogens is 703 g/mol. The van der Waals surface area contributed by atoms with Crippen LogP contribution in [0.3, 0.4) is 0 Å². The van der Waals surface area contributed by atoms with Crippen molar-refractivity contribution in [1.82, 2.24) is 15.0 Å². The highest BCUT2D eigenvalue weighted by Crippen LogP contribution is 2.46. The molecule has 58 heavy (non-hydrogen) atoms. The Kier molecular flexibility index (Phi) is 8.15. The molecule has 1 aromatic heterocycles. The Balaban J connectivity index is 1.22. The Labute approximate surface area is 336 Å². The molecule has 0 N–H and O–H groups in total. The van der Waals surface area contributed by atoms with Crippen LogP contribution in [0.5, 0.6) is 0 Å². The van der Waals surface area contributed by atoms with Gasteiger partial charge in [0.2, 0.25) is 0 Å². The third-order valence-corrected chi connectivity index (χ3v) is 11.3. The van der Waals surface area contributed by atoms with Crippen LogP contribution in [0.1, 0.15) is 0 Å². The first-order valence-corrected chi connectivity index (χ1v) is 19.7. The number of hydrogen-bond donors (Lipinski definition) is 0. The van der Waals surface area contributed by atoms with Crippen LogP contribution in [-0.4, -0.2) is 15.0 Å². The fourth-order valence-electron chi connectivity index (χ4n) is 8.56. The predicted molar refractivity (Wildman–Crippen MR) is 242 cm³/mol. The van der Waals surface area contributed by atoms with E-state index < -0.39 is 0 Å². The molecule has 0 spiro atoms. The van der Waals surface area contributed by atoms with Gasteiger partial charge in [-0.05, 0) is 82.5 Å². The van der Waals surface area contributed by atoms with Crippen LogP contribution in [0.2, 0.25) is 0 Å². The molecule has 0 atom stereocenters. The third kappa shape index (κ3) is 5.80. The number of aromatic nitrogens is 3. The lowest BCUT2D eigenvalue weighted by Gasteiger charge is -2.19. The quantitative estimate of drug-likeness (QED) is 0.126. The third-order valence-electron chi connectivity index (χ3n) is 11.3. The summed E-state index contributed by atoms with van der Waals surface area (Å²) in [4.78, 5) is 16.1. The summed E-state index contributed by atoms with van der Waals surface area (Å²) in [6.07, 6.45) is 0. The highest BCUT2D eigenvalue weighted by atomic mass is 15.0. The van der Waals surface area contributed by atoms with E-state index in [1.54, 1.807) is 0 Å². The van der Waals surface area contributed by atoms with E-state index in [-0.39, 0.29) is 0 Å². The molecule has 0 aliphatic carbocycles. The number of nitrogens with zero attached hydrogens (tertiary/aromatic N) is 3. The van der Waals surface area contributed by atoms with Gasteiger partial charge in [0.25, 0.3) is 0 Å². The Bertz CT molecular complexity index is 3320. The van der Waals surface area contributed by atoms with Crippen molar-refractivity contribution in [2.45, 2.75) is 0 Å². The van der Waals surface area contributed by atoms with E-state index in [1.807, 2.05) is 12.1 Å². The van der Waals surface area contributed by atoms with Gasteiger partial charge in [-0.1, -0.05) is 206 Å². The molecule has 0 aliphatic rings. The molecule has 11 aromatic rings. The fourth-order valence-corrected chi connectivity index (χ4v) is 8.56. The summed E-state index contributed by atoms with van der Waals surface area (Å²) in [6, 6.07) is 75.3. The lowest BCUT2D eigenvalue weighted by molar-refractivity contribution is 1.08. The standard InChI is InChI=1S/C55H35N3/c1-3-15-36(16-4-1)38-27-30-41(31-28-38)53-56-54(48-26-14-11-22-44(48)39-18-5-2-6-19-39)58-55(57-53)52-47-25-13-12-24-46(47)50(43-32-29-37-17-7-8-21-42(37)35-43)51-45-23-10-9-20-40(45)33-34-49(51)52/h1-35H. The molecule has 10 aromatic carbocycles. The van der Waals surface area contributed by atoms with Crippen molar-refractivity contribution >= 4 is 43.1 Å². The summed E-state index contributed by atoms with van der Waals surface area (Å²) >= 11 is 0. The molecule has 0 aliphatic heterocycles. The Morgan fingerprint density at radius 3 is 1.50 bits per heavy atom. The molecule has 0 fully saturated rings. The van der Waals surface area contributed by atoms with Gasteiger partial charge in [-0.15, -0.1) is 0 Å². The van der Waals surface area contributed by atoms with Crippen molar-refractivity contribution in [2.75, 3.05) is 0 Å². The molecule has 1 heterocycles. The molecule has 270 valence electrons. The molecule has 0 bridgehead atoms. The van der Waals surface area contributed by atoms with Gasteiger partial charge in [-0.2, -0.15) is 0 Å². The van der Waals surface area contributed by atoms with Crippen LogP contribution < -0.4 is 0 Å². The Morgan fingerprint density at radius 2 is 0.741 bits per heavy atom. The molecule has 3 nitrogen and oxygen atoms in total. The van der Waals surface area contributed by atoms with E-state index in [4.69, 9.17) is 15.0 Å². The first kappa shape index (κ1) is 33.6. The molecule has 0 radical (unpaired) electrons. The smallest absolute Gasteiger partial charge is 0.165 e. The van der Waals surface area contributed by atoms with Gasteiger partial charge in [-0.25, -0.2) is 15.0 Å². The summed E-state index contributed by atoms with van der Waals surface area (Å²) in [5.41, 5.74) is 9.73. The zero-order chi connectivity index (χ0) is 38.4. The van der Waals surface area contributed by atoms with Gasteiger partial charge >= 0.3 is 0 Å². The SMILES string of the molecule is c1ccc(-c2ccc(-c3nc(-c4ccccc4-c4ccccc4)nc(-c4c5ccccc5c(-c5ccc6ccccc6c5)c5c4ccc4ccccc45)n3)cc2)cc1. The normalized spacial score (nSPS) is 11.4. The minimum absolute atomic E-state index is 0.624. The van der Waals surface area contributed by atoms with Crippen molar-refractivity contribution in [3.05, 3.63) is 212 Å². The maximum absolute atomic E-state index is 5.45. The first-order valence-electron chi connectivity index (χ1n) is 19.7. The number of fused-ring (bicyclic) bond motifs is 5. The predicted octanol–water partition coefficient (Wildman–Crippen LogP) is 14.5. The van der Waals surface area contributed by atoms with Crippen LogP contribution in [0, 0.1) is 0 Å². The molecule has 0 saturated carbocycles. The molecule has 11 rings (SSSR count). The number of hydrogen-bond acceptors (Lipinski definition) is 3. The lowest BCUT2D eigenvalue weighted by atomic mass is 9.85. The van der Waals surface area contributed by atoms with Gasteiger partial charge in [0.15, 0.2) is 17.5 Å². The zero-order valence-corrected chi connectivity index (χ0v) is 31.5. The molecule has 0 saturated heterocycles. The monoisotopic (exact) mass is 737 g/mol. The van der Waals surface area contributed by atoms with E-state index in [1.165, 1.54) is 43.6 Å². The molecule has 0 amide bonds. The summed E-state index contributed by atoms with van der Waals surface area (Å²) in [6.45, 7) is 0. The Morgan fingerprint density at radius 1 is 0.241 bits per heavy atom. The highest BCUT2D eigenvalue weighted by molar-refractivity contribution is 6.27. The molecular formula is C55H35N3. The van der Waals surface area contributed by atoms with Gasteiger partial charge in [-0.3, -0.25) is 0 Å². The van der Waals surface area contributed by atoms with Crippen molar-refractivity contribution in [2.24, 2.45) is 0 Å². The average molecular weight is 738 g/mol. The average Bonchev–Trinajstić information content (AvgIpc) is 3.31. The van der Waals surface area contributed by atoms with Gasteiger partial charge in [0.1, 0.15) is 0 Å². The lowest BCUT2D eigenvalue weighted by Crippen LogP contribution is -2.02. The van der Waals surface area contributed by atoms with Crippen LogP contribution in [0.15, 0.2) is 212 Å². The van der Waals surface area contributed by atoms with Crippen molar-refractivity contribution in [1.29, 1.82) is 0 Å². The largest absolute Gasteiger partial charge is 0.208 e. The minimum atomic E-state index is 0.624. The number of rotatable bonds is 6. The zero-order valence-electron chi connectivity index (χ0n) is 31.5. The number of benzene rings is 10. The van der Waals surface area contributed by atoms with Crippen LogP contribution in [0.4, 0.5) is 0 Å². The van der Waals surface area contributed by atoms with E-state index in [0.29, 0.717) is 17.5 Å². The van der Waals surface area contributed by atoms with Crippen LogP contribution >= 0.6 is 0 Å². The van der Waals surface area contributed by atoms with Crippen molar-refractivity contribution in [3.8, 4) is 67.5 Å². The second-order valence-electron chi connectivity index (χ2n) is 14.7. The minimum Gasteiger partial charge on any atom is -0.208 e. The summed E-state index contributed by atoms with van der Waals surface area (Å²) < 4.78 is 0. The highest BCUT2D eigenvalue weighted by Gasteiger charge is 2.23. The summed E-state index contributed by atoms with van der Waals surface area (Å²) in [7, 11) is 0.